The number of thiocarbonyl (C=S) groups is 1. The van der Waals surface area contributed by atoms with E-state index in [2.05, 4.69) is 13.0 Å². The van der Waals surface area contributed by atoms with Crippen LogP contribution >= 0.6 is 35.7 Å². The second-order valence-electron chi connectivity index (χ2n) is 6.55. The molecule has 0 radical (unpaired) electrons. The number of hydrogen-bond donors (Lipinski definition) is 1. The Morgan fingerprint density at radius 2 is 1.54 bits per heavy atom. The summed E-state index contributed by atoms with van der Waals surface area (Å²) < 4.78 is 0.373. The maximum Gasteiger partial charge on any atom is 0.106 e. The molecular formula is C19H35NOS3. The summed E-state index contributed by atoms with van der Waals surface area (Å²) in [7, 11) is 0. The van der Waals surface area contributed by atoms with Gasteiger partial charge in [0.1, 0.15) is 8.28 Å². The van der Waals surface area contributed by atoms with Crippen LogP contribution in [0.1, 0.15) is 90.9 Å². The molecule has 0 amide bonds. The average Bonchev–Trinajstić information content (AvgIpc) is 2.58. The summed E-state index contributed by atoms with van der Waals surface area (Å²) in [6, 6.07) is 2.34. The quantitative estimate of drug-likeness (QED) is 0.249. The molecular weight excluding hydrogens is 354 g/mol. The van der Waals surface area contributed by atoms with E-state index in [1.807, 2.05) is 6.92 Å². The fraction of sp³-hybridized carbons (Fsp3) is 0.895. The van der Waals surface area contributed by atoms with Gasteiger partial charge >= 0.3 is 0 Å². The van der Waals surface area contributed by atoms with E-state index in [1.165, 1.54) is 76.0 Å². The molecule has 0 saturated heterocycles. The Morgan fingerprint density at radius 3 is 2.04 bits per heavy atom. The highest BCUT2D eigenvalue weighted by Crippen LogP contribution is 2.34. The first-order valence-electron chi connectivity index (χ1n) is 9.46. The number of nitrogens with zero attached hydrogens (tertiary/aromatic N) is 1. The monoisotopic (exact) mass is 389 g/mol. The van der Waals surface area contributed by atoms with E-state index >= 15 is 0 Å². The minimum absolute atomic E-state index is 0.135. The lowest BCUT2D eigenvalue weighted by molar-refractivity contribution is 0.282. The van der Waals surface area contributed by atoms with Crippen molar-refractivity contribution in [3.63, 3.8) is 0 Å². The fourth-order valence-corrected chi connectivity index (χ4v) is 5.52. The van der Waals surface area contributed by atoms with Gasteiger partial charge in [-0.1, -0.05) is 88.7 Å². The second-order valence-corrected chi connectivity index (χ2v) is 10.4. The van der Waals surface area contributed by atoms with Crippen LogP contribution in [-0.4, -0.2) is 25.7 Å². The van der Waals surface area contributed by atoms with Crippen molar-refractivity contribution in [1.82, 2.24) is 0 Å². The molecule has 0 aliphatic carbocycles. The van der Waals surface area contributed by atoms with E-state index in [9.17, 15) is 5.26 Å². The summed E-state index contributed by atoms with van der Waals surface area (Å²) in [5, 5.41) is 18.2. The van der Waals surface area contributed by atoms with Crippen molar-refractivity contribution >= 4 is 39.3 Å². The molecule has 5 heteroatoms. The molecule has 0 spiro atoms. The van der Waals surface area contributed by atoms with Crippen LogP contribution in [-0.2, 0) is 0 Å². The summed E-state index contributed by atoms with van der Waals surface area (Å²) >= 11 is 8.60. The lowest BCUT2D eigenvalue weighted by Crippen LogP contribution is -2.19. The van der Waals surface area contributed by atoms with Crippen LogP contribution in [0.5, 0.6) is 0 Å². The van der Waals surface area contributed by atoms with Crippen molar-refractivity contribution in [1.29, 1.82) is 5.26 Å². The number of rotatable bonds is 15. The molecule has 1 N–H and O–H groups in total. The zero-order valence-corrected chi connectivity index (χ0v) is 18.0. The van der Waals surface area contributed by atoms with Crippen LogP contribution in [0.25, 0.3) is 0 Å². The number of nitriles is 1. The van der Waals surface area contributed by atoms with Gasteiger partial charge in [0.2, 0.25) is 0 Å². The van der Waals surface area contributed by atoms with Crippen LogP contribution in [0.2, 0.25) is 0 Å². The fourth-order valence-electron chi connectivity index (χ4n) is 2.50. The summed E-state index contributed by atoms with van der Waals surface area (Å²) in [6.45, 7) is 4.31. The second kappa shape index (κ2) is 16.7. The number of unbranched alkanes of at least 4 members (excludes halogenated alkanes) is 9. The summed E-state index contributed by atoms with van der Waals surface area (Å²) in [5.41, 5.74) is 0. The minimum Gasteiger partial charge on any atom is -0.396 e. The van der Waals surface area contributed by atoms with Gasteiger partial charge in [-0.2, -0.15) is 5.26 Å². The lowest BCUT2D eigenvalue weighted by Gasteiger charge is -2.20. The third-order valence-corrected chi connectivity index (χ3v) is 6.92. The van der Waals surface area contributed by atoms with Crippen molar-refractivity contribution in [2.24, 2.45) is 0 Å². The predicted octanol–water partition coefficient (Wildman–Crippen LogP) is 6.71. The molecule has 0 saturated carbocycles. The Morgan fingerprint density at radius 1 is 1.00 bits per heavy atom. The Balaban J connectivity index is 3.53. The van der Waals surface area contributed by atoms with E-state index in [1.54, 1.807) is 11.8 Å². The van der Waals surface area contributed by atoms with Crippen molar-refractivity contribution in [3.8, 4) is 6.07 Å². The maximum atomic E-state index is 9.30. The van der Waals surface area contributed by atoms with Crippen LogP contribution < -0.4 is 0 Å². The first-order valence-corrected chi connectivity index (χ1v) is 11.7. The van der Waals surface area contributed by atoms with Crippen LogP contribution in [0.4, 0.5) is 0 Å². The molecule has 0 bridgehead atoms. The summed E-state index contributed by atoms with van der Waals surface area (Å²) in [6.07, 6.45) is 14.8. The third-order valence-electron chi connectivity index (χ3n) is 4.07. The summed E-state index contributed by atoms with van der Waals surface area (Å²) in [5.74, 6) is 1.06. The van der Waals surface area contributed by atoms with Gasteiger partial charge in [-0.3, -0.25) is 0 Å². The summed E-state index contributed by atoms with van der Waals surface area (Å²) in [4.78, 5) is 0. The molecule has 2 nitrogen and oxygen atoms in total. The zero-order chi connectivity index (χ0) is 18.1. The SMILES string of the molecule is CCCCCCCCCCCCSC(=S)S[C@@](C)(C#N)CCCO. The van der Waals surface area contributed by atoms with E-state index < -0.39 is 4.75 Å². The smallest absolute Gasteiger partial charge is 0.106 e. The van der Waals surface area contributed by atoms with Gasteiger partial charge in [-0.15, -0.1) is 11.8 Å². The molecule has 0 aliphatic heterocycles. The molecule has 0 aromatic carbocycles. The third kappa shape index (κ3) is 14.6. The topological polar surface area (TPSA) is 44.0 Å². The number of aliphatic hydroxyl groups is 1. The molecule has 0 heterocycles. The largest absolute Gasteiger partial charge is 0.396 e. The van der Waals surface area contributed by atoms with Crippen LogP contribution in [0, 0.1) is 11.3 Å². The van der Waals surface area contributed by atoms with Crippen molar-refractivity contribution in [2.75, 3.05) is 12.4 Å². The van der Waals surface area contributed by atoms with Gasteiger partial charge in [0.25, 0.3) is 0 Å². The lowest BCUT2D eigenvalue weighted by atomic mass is 10.1. The van der Waals surface area contributed by atoms with Crippen molar-refractivity contribution in [3.05, 3.63) is 0 Å². The van der Waals surface area contributed by atoms with Gasteiger partial charge < -0.3 is 5.11 Å². The normalized spacial score (nSPS) is 13.4. The van der Waals surface area contributed by atoms with Gasteiger partial charge in [-0.05, 0) is 31.9 Å². The van der Waals surface area contributed by atoms with Gasteiger partial charge in [0, 0.05) is 6.61 Å². The number of hydrogen-bond acceptors (Lipinski definition) is 5. The van der Waals surface area contributed by atoms with Crippen molar-refractivity contribution in [2.45, 2.75) is 95.6 Å². The Kier molecular flexibility index (Phi) is 16.9. The van der Waals surface area contributed by atoms with Crippen LogP contribution in [0.15, 0.2) is 0 Å². The van der Waals surface area contributed by atoms with E-state index in [0.717, 1.165) is 9.28 Å². The Bertz CT molecular complexity index is 357. The van der Waals surface area contributed by atoms with Gasteiger partial charge in [-0.25, -0.2) is 0 Å². The highest BCUT2D eigenvalue weighted by Gasteiger charge is 2.26. The molecule has 0 aromatic heterocycles. The standard InChI is InChI=1S/C19H35NOS3/c1-3-4-5-6-7-8-9-10-11-12-16-23-18(22)24-19(2,17-20)14-13-15-21/h21H,3-16H2,1-2H3/t19-/m1/s1. The predicted molar refractivity (Wildman–Crippen MR) is 115 cm³/mol. The zero-order valence-electron chi connectivity index (χ0n) is 15.5. The highest BCUT2D eigenvalue weighted by atomic mass is 32.2. The van der Waals surface area contributed by atoms with Crippen molar-refractivity contribution < 1.29 is 5.11 Å². The molecule has 1 atom stereocenters. The number of thioether (sulfide) groups is 2. The molecule has 24 heavy (non-hydrogen) atoms. The van der Waals surface area contributed by atoms with E-state index in [-0.39, 0.29) is 6.61 Å². The molecule has 0 aromatic rings. The van der Waals surface area contributed by atoms with Gasteiger partial charge in [0.15, 0.2) is 0 Å². The molecule has 140 valence electrons. The first kappa shape index (κ1) is 24.2. The molecule has 0 fully saturated rings. The molecule has 0 aliphatic rings. The first-order chi connectivity index (χ1) is 11.6. The Hall–Kier alpha value is 0.240. The Labute approximate surface area is 163 Å². The van der Waals surface area contributed by atoms with E-state index in [0.29, 0.717) is 12.8 Å². The minimum atomic E-state index is -0.495. The van der Waals surface area contributed by atoms with Crippen LogP contribution in [0.3, 0.4) is 0 Å². The highest BCUT2D eigenvalue weighted by molar-refractivity contribution is 8.47. The maximum absolute atomic E-state index is 9.30. The molecule has 0 rings (SSSR count). The average molecular weight is 390 g/mol. The van der Waals surface area contributed by atoms with E-state index in [4.69, 9.17) is 17.3 Å². The van der Waals surface area contributed by atoms with Gasteiger partial charge in [0.05, 0.1) is 6.07 Å². The number of aliphatic hydroxyl groups excluding tert-OH is 1. The molecule has 0 unspecified atom stereocenters.